The molecule has 0 aliphatic rings. The molecule has 3 nitrogen and oxygen atoms in total. The summed E-state index contributed by atoms with van der Waals surface area (Å²) >= 11 is 5.05. The van der Waals surface area contributed by atoms with Crippen molar-refractivity contribution in [2.45, 2.75) is 0 Å². The smallest absolute Gasteiger partial charge is 0.181 e. The highest BCUT2D eigenvalue weighted by atomic mass is 32.1. The first-order valence-corrected chi connectivity index (χ1v) is 6.44. The van der Waals surface area contributed by atoms with Crippen molar-refractivity contribution in [3.8, 4) is 0 Å². The topological polar surface area (TPSA) is 41.1 Å². The minimum absolute atomic E-state index is 0.0611. The van der Waals surface area contributed by atoms with E-state index in [1.54, 1.807) is 36.4 Å². The lowest BCUT2D eigenvalue weighted by Crippen LogP contribution is -2.33. The number of rotatable bonds is 4. The van der Waals surface area contributed by atoms with Crippen molar-refractivity contribution in [1.82, 2.24) is 5.32 Å². The van der Waals surface area contributed by atoms with Gasteiger partial charge in [0.05, 0.1) is 6.54 Å². The Kier molecular flexibility index (Phi) is 4.79. The standard InChI is InChI=1S/C15H13FN2OS/c16-12-7-4-8-13(9-12)18-15(20)17-10-14(19)11-5-2-1-3-6-11/h1-9H,10H2,(H2,17,18,20). The number of hydrogen-bond acceptors (Lipinski definition) is 2. The van der Waals surface area contributed by atoms with E-state index in [1.165, 1.54) is 12.1 Å². The Hall–Kier alpha value is -2.27. The molecule has 0 radical (unpaired) electrons. The summed E-state index contributed by atoms with van der Waals surface area (Å²) in [7, 11) is 0. The number of anilines is 1. The molecule has 0 atom stereocenters. The van der Waals surface area contributed by atoms with Gasteiger partial charge in [0.1, 0.15) is 5.82 Å². The first-order chi connectivity index (χ1) is 9.65. The summed E-state index contributed by atoms with van der Waals surface area (Å²) in [6.07, 6.45) is 0. The quantitative estimate of drug-likeness (QED) is 0.670. The van der Waals surface area contributed by atoms with Crippen LogP contribution in [0.1, 0.15) is 10.4 Å². The van der Waals surface area contributed by atoms with Crippen LogP contribution in [-0.2, 0) is 0 Å². The van der Waals surface area contributed by atoms with E-state index in [-0.39, 0.29) is 23.3 Å². The van der Waals surface area contributed by atoms with Gasteiger partial charge in [-0.25, -0.2) is 4.39 Å². The fourth-order valence-corrected chi connectivity index (χ4v) is 1.82. The summed E-state index contributed by atoms with van der Waals surface area (Å²) in [5.74, 6) is -0.410. The van der Waals surface area contributed by atoms with Crippen molar-refractivity contribution in [1.29, 1.82) is 0 Å². The molecule has 2 aromatic carbocycles. The van der Waals surface area contributed by atoms with Crippen LogP contribution in [0.15, 0.2) is 54.6 Å². The van der Waals surface area contributed by atoms with Crippen LogP contribution >= 0.6 is 12.2 Å². The van der Waals surface area contributed by atoms with E-state index in [9.17, 15) is 9.18 Å². The Labute approximate surface area is 121 Å². The minimum Gasteiger partial charge on any atom is -0.355 e. The number of carbonyl (C=O) groups is 1. The number of carbonyl (C=O) groups excluding carboxylic acids is 1. The molecule has 0 aromatic heterocycles. The van der Waals surface area contributed by atoms with Crippen molar-refractivity contribution >= 4 is 28.8 Å². The van der Waals surface area contributed by atoms with Gasteiger partial charge in [0.2, 0.25) is 0 Å². The lowest BCUT2D eigenvalue weighted by Gasteiger charge is -2.10. The van der Waals surface area contributed by atoms with Gasteiger partial charge in [0.15, 0.2) is 10.9 Å². The lowest BCUT2D eigenvalue weighted by atomic mass is 10.1. The molecular formula is C15H13FN2OS. The van der Waals surface area contributed by atoms with Crippen LogP contribution in [0.2, 0.25) is 0 Å². The van der Waals surface area contributed by atoms with E-state index in [2.05, 4.69) is 10.6 Å². The second-order valence-corrected chi connectivity index (χ2v) is 4.52. The molecule has 0 saturated heterocycles. The van der Waals surface area contributed by atoms with Crippen molar-refractivity contribution in [3.05, 3.63) is 66.0 Å². The van der Waals surface area contributed by atoms with Crippen LogP contribution in [0.3, 0.4) is 0 Å². The third-order valence-electron chi connectivity index (χ3n) is 2.59. The van der Waals surface area contributed by atoms with E-state index in [1.807, 2.05) is 6.07 Å². The van der Waals surface area contributed by atoms with Gasteiger partial charge in [0.25, 0.3) is 0 Å². The number of ketones is 1. The second-order valence-electron chi connectivity index (χ2n) is 4.11. The summed E-state index contributed by atoms with van der Waals surface area (Å²) in [6.45, 7) is 0.0885. The Balaban J connectivity index is 1.85. The Morgan fingerprint density at radius 3 is 2.55 bits per heavy atom. The highest BCUT2D eigenvalue weighted by Gasteiger charge is 2.05. The predicted molar refractivity (Wildman–Crippen MR) is 81.4 cm³/mol. The molecule has 0 amide bonds. The Morgan fingerprint density at radius 2 is 1.85 bits per heavy atom. The Morgan fingerprint density at radius 1 is 1.10 bits per heavy atom. The van der Waals surface area contributed by atoms with E-state index in [0.29, 0.717) is 11.3 Å². The van der Waals surface area contributed by atoms with Gasteiger partial charge < -0.3 is 10.6 Å². The van der Waals surface area contributed by atoms with Crippen LogP contribution in [0.4, 0.5) is 10.1 Å². The predicted octanol–water partition coefficient (Wildman–Crippen LogP) is 3.00. The molecule has 0 aliphatic carbocycles. The molecule has 5 heteroatoms. The van der Waals surface area contributed by atoms with Crippen molar-refractivity contribution < 1.29 is 9.18 Å². The van der Waals surface area contributed by atoms with Gasteiger partial charge in [-0.1, -0.05) is 36.4 Å². The summed E-state index contributed by atoms with van der Waals surface area (Å²) < 4.78 is 13.0. The molecular weight excluding hydrogens is 275 g/mol. The average molecular weight is 288 g/mol. The zero-order valence-corrected chi connectivity index (χ0v) is 11.4. The molecule has 20 heavy (non-hydrogen) atoms. The molecule has 102 valence electrons. The molecule has 0 bridgehead atoms. The first kappa shape index (κ1) is 14.1. The summed E-state index contributed by atoms with van der Waals surface area (Å²) in [5.41, 5.74) is 1.16. The molecule has 2 aromatic rings. The van der Waals surface area contributed by atoms with Gasteiger partial charge >= 0.3 is 0 Å². The average Bonchev–Trinajstić information content (AvgIpc) is 2.46. The lowest BCUT2D eigenvalue weighted by molar-refractivity contribution is 0.0996. The van der Waals surface area contributed by atoms with E-state index >= 15 is 0 Å². The normalized spacial score (nSPS) is 9.85. The van der Waals surface area contributed by atoms with Crippen LogP contribution in [0, 0.1) is 5.82 Å². The molecule has 0 saturated carbocycles. The second kappa shape index (κ2) is 6.77. The number of Topliss-reactive ketones (excluding diaryl/α,β-unsaturated/α-hetero) is 1. The molecule has 2 rings (SSSR count). The monoisotopic (exact) mass is 288 g/mol. The molecule has 0 heterocycles. The highest BCUT2D eigenvalue weighted by Crippen LogP contribution is 2.08. The number of hydrogen-bond donors (Lipinski definition) is 2. The molecule has 0 unspecified atom stereocenters. The first-order valence-electron chi connectivity index (χ1n) is 6.04. The molecule has 0 spiro atoms. The van der Waals surface area contributed by atoms with Crippen molar-refractivity contribution in [2.24, 2.45) is 0 Å². The third kappa shape index (κ3) is 4.13. The van der Waals surface area contributed by atoms with Gasteiger partial charge in [-0.05, 0) is 30.4 Å². The van der Waals surface area contributed by atoms with E-state index < -0.39 is 0 Å². The zero-order chi connectivity index (χ0) is 14.4. The van der Waals surface area contributed by atoms with Gasteiger partial charge in [0, 0.05) is 11.3 Å². The fourth-order valence-electron chi connectivity index (χ4n) is 1.63. The van der Waals surface area contributed by atoms with E-state index in [4.69, 9.17) is 12.2 Å². The Bertz CT molecular complexity index is 616. The molecule has 0 aliphatic heterocycles. The van der Waals surface area contributed by atoms with Gasteiger partial charge in [-0.15, -0.1) is 0 Å². The number of benzene rings is 2. The van der Waals surface area contributed by atoms with Crippen LogP contribution in [0.5, 0.6) is 0 Å². The largest absolute Gasteiger partial charge is 0.355 e. The fraction of sp³-hybridized carbons (Fsp3) is 0.0667. The maximum atomic E-state index is 13.0. The summed E-state index contributed by atoms with van der Waals surface area (Å²) in [4.78, 5) is 11.8. The van der Waals surface area contributed by atoms with Crippen LogP contribution < -0.4 is 10.6 Å². The summed E-state index contributed by atoms with van der Waals surface area (Å²) in [5, 5.41) is 5.89. The van der Waals surface area contributed by atoms with Crippen LogP contribution in [-0.4, -0.2) is 17.4 Å². The highest BCUT2D eigenvalue weighted by molar-refractivity contribution is 7.80. The number of thiocarbonyl (C=S) groups is 1. The minimum atomic E-state index is -0.349. The molecule has 2 N–H and O–H groups in total. The van der Waals surface area contributed by atoms with Crippen molar-refractivity contribution in [3.63, 3.8) is 0 Å². The van der Waals surface area contributed by atoms with Gasteiger partial charge in [-0.2, -0.15) is 0 Å². The number of nitrogens with one attached hydrogen (secondary N) is 2. The van der Waals surface area contributed by atoms with Crippen molar-refractivity contribution in [2.75, 3.05) is 11.9 Å². The third-order valence-corrected chi connectivity index (χ3v) is 2.83. The molecule has 0 fully saturated rings. The number of halogens is 1. The van der Waals surface area contributed by atoms with E-state index in [0.717, 1.165) is 0 Å². The SMILES string of the molecule is O=C(CNC(=S)Nc1cccc(F)c1)c1ccccc1. The van der Waals surface area contributed by atoms with Gasteiger partial charge in [-0.3, -0.25) is 4.79 Å². The zero-order valence-electron chi connectivity index (χ0n) is 10.6. The summed E-state index contributed by atoms with van der Waals surface area (Å²) in [6, 6.07) is 14.9. The van der Waals surface area contributed by atoms with Crippen LogP contribution in [0.25, 0.3) is 0 Å². The maximum absolute atomic E-state index is 13.0. The maximum Gasteiger partial charge on any atom is 0.181 e.